The van der Waals surface area contributed by atoms with Gasteiger partial charge in [0, 0.05) is 37.3 Å². The van der Waals surface area contributed by atoms with Crippen molar-refractivity contribution in [3.63, 3.8) is 0 Å². The fourth-order valence-electron chi connectivity index (χ4n) is 3.04. The molecule has 0 saturated carbocycles. The molecule has 0 amide bonds. The van der Waals surface area contributed by atoms with Crippen LogP contribution in [0.4, 0.5) is 11.9 Å². The number of aromatic nitrogens is 3. The molecular weight excluding hydrogens is 399 g/mol. The number of anilines is 2. The summed E-state index contributed by atoms with van der Waals surface area (Å²) in [7, 11) is 2.11. The van der Waals surface area contributed by atoms with Crippen LogP contribution in [0.5, 0.6) is 5.75 Å². The first-order valence-electron chi connectivity index (χ1n) is 9.53. The fourth-order valence-corrected chi connectivity index (χ4v) is 3.36. The summed E-state index contributed by atoms with van der Waals surface area (Å²) in [6.45, 7) is 5.73. The van der Waals surface area contributed by atoms with Crippen LogP contribution in [-0.4, -0.2) is 53.1 Å². The number of piperazine rings is 1. The van der Waals surface area contributed by atoms with Crippen LogP contribution < -0.4 is 15.4 Å². The summed E-state index contributed by atoms with van der Waals surface area (Å²) in [4.78, 5) is 17.8. The van der Waals surface area contributed by atoms with Crippen molar-refractivity contribution in [1.29, 1.82) is 0 Å². The first-order chi connectivity index (χ1) is 13.5. The monoisotopic (exact) mass is 424 g/mol. The number of hydrogen-bond acceptors (Lipinski definition) is 7. The van der Waals surface area contributed by atoms with Gasteiger partial charge < -0.3 is 20.3 Å². The van der Waals surface area contributed by atoms with Gasteiger partial charge in [-0.1, -0.05) is 36.5 Å². The Morgan fingerprint density at radius 1 is 1.14 bits per heavy atom. The summed E-state index contributed by atoms with van der Waals surface area (Å²) in [5, 5.41) is 1.05. The molecule has 1 fully saturated rings. The van der Waals surface area contributed by atoms with Crippen molar-refractivity contribution >= 4 is 35.1 Å². The van der Waals surface area contributed by atoms with E-state index in [0.29, 0.717) is 27.6 Å². The zero-order chi connectivity index (χ0) is 20.1. The summed E-state index contributed by atoms with van der Waals surface area (Å²) in [5.41, 5.74) is 6.01. The number of rotatable bonds is 7. The van der Waals surface area contributed by atoms with Gasteiger partial charge in [0.15, 0.2) is 11.9 Å². The van der Waals surface area contributed by atoms with Gasteiger partial charge in [0.1, 0.15) is 5.75 Å². The Hall–Kier alpha value is -1.83. The number of nitrogens with two attached hydrogens (primary N) is 1. The largest absolute Gasteiger partial charge is 0.481 e. The summed E-state index contributed by atoms with van der Waals surface area (Å²) in [6, 6.07) is 5.15. The van der Waals surface area contributed by atoms with Gasteiger partial charge in [-0.2, -0.15) is 15.0 Å². The molecule has 1 unspecified atom stereocenters. The minimum absolute atomic E-state index is 0.196. The molecule has 3 rings (SSSR count). The first-order valence-corrected chi connectivity index (χ1v) is 10.3. The summed E-state index contributed by atoms with van der Waals surface area (Å²) in [6.07, 6.45) is 2.34. The highest BCUT2D eigenvalue weighted by Crippen LogP contribution is 2.33. The Labute approximate surface area is 175 Å². The molecule has 0 aliphatic carbocycles. The SMILES string of the molecule is CCCCC(Oc1cc(Cl)ccc1Cl)c1nc(N)nc(N2CCN(C)CC2)n1. The number of hydrogen-bond donors (Lipinski definition) is 1. The van der Waals surface area contributed by atoms with Crippen molar-refractivity contribution < 1.29 is 4.74 Å². The van der Waals surface area contributed by atoms with Crippen molar-refractivity contribution in [3.05, 3.63) is 34.1 Å². The first kappa shape index (κ1) is 20.9. The minimum atomic E-state index is -0.382. The molecule has 0 spiro atoms. The van der Waals surface area contributed by atoms with Gasteiger partial charge in [-0.15, -0.1) is 0 Å². The highest BCUT2D eigenvalue weighted by atomic mass is 35.5. The van der Waals surface area contributed by atoms with Crippen LogP contribution in [0.1, 0.15) is 38.1 Å². The molecule has 0 bridgehead atoms. The van der Waals surface area contributed by atoms with Crippen LogP contribution in [0.15, 0.2) is 18.2 Å². The van der Waals surface area contributed by atoms with Crippen LogP contribution >= 0.6 is 23.2 Å². The van der Waals surface area contributed by atoms with E-state index in [1.54, 1.807) is 18.2 Å². The lowest BCUT2D eigenvalue weighted by Crippen LogP contribution is -2.45. The summed E-state index contributed by atoms with van der Waals surface area (Å²) >= 11 is 12.4. The van der Waals surface area contributed by atoms with E-state index in [9.17, 15) is 0 Å². The molecule has 2 heterocycles. The summed E-state index contributed by atoms with van der Waals surface area (Å²) < 4.78 is 6.18. The average molecular weight is 425 g/mol. The topological polar surface area (TPSA) is 80.4 Å². The molecule has 152 valence electrons. The molecule has 1 aromatic carbocycles. The number of halogens is 2. The number of nitrogens with zero attached hydrogens (tertiary/aromatic N) is 5. The van der Waals surface area contributed by atoms with E-state index >= 15 is 0 Å². The molecule has 7 nitrogen and oxygen atoms in total. The Morgan fingerprint density at radius 3 is 2.61 bits per heavy atom. The Bertz CT molecular complexity index is 798. The molecule has 1 aliphatic rings. The van der Waals surface area contributed by atoms with Crippen molar-refractivity contribution in [2.24, 2.45) is 0 Å². The fraction of sp³-hybridized carbons (Fsp3) is 0.526. The van der Waals surface area contributed by atoms with E-state index in [1.807, 2.05) is 0 Å². The molecule has 1 aromatic heterocycles. The van der Waals surface area contributed by atoms with E-state index in [4.69, 9.17) is 33.7 Å². The standard InChI is InChI=1S/C19H26Cl2N6O/c1-3-4-5-15(28-16-12-13(20)6-7-14(16)21)17-23-18(22)25-19(24-17)27-10-8-26(2)9-11-27/h6-7,12,15H,3-5,8-11H2,1-2H3,(H2,22,23,24,25). The van der Waals surface area contributed by atoms with Crippen molar-refractivity contribution in [2.45, 2.75) is 32.3 Å². The quantitative estimate of drug-likeness (QED) is 0.722. The van der Waals surface area contributed by atoms with Gasteiger partial charge in [0.2, 0.25) is 11.9 Å². The molecule has 1 saturated heterocycles. The lowest BCUT2D eigenvalue weighted by atomic mass is 10.1. The minimum Gasteiger partial charge on any atom is -0.481 e. The predicted molar refractivity (Wildman–Crippen MR) is 113 cm³/mol. The van der Waals surface area contributed by atoms with Gasteiger partial charge in [-0.3, -0.25) is 0 Å². The molecule has 1 atom stereocenters. The zero-order valence-electron chi connectivity index (χ0n) is 16.2. The van der Waals surface area contributed by atoms with E-state index in [-0.39, 0.29) is 12.1 Å². The highest BCUT2D eigenvalue weighted by molar-refractivity contribution is 6.34. The molecule has 28 heavy (non-hydrogen) atoms. The number of benzene rings is 1. The lowest BCUT2D eigenvalue weighted by Gasteiger charge is -2.32. The molecule has 0 radical (unpaired) electrons. The summed E-state index contributed by atoms with van der Waals surface area (Å²) in [5.74, 6) is 1.82. The van der Waals surface area contributed by atoms with Gasteiger partial charge in [0.25, 0.3) is 0 Å². The average Bonchev–Trinajstić information content (AvgIpc) is 2.67. The number of nitrogen functional groups attached to an aromatic ring is 1. The second kappa shape index (κ2) is 9.58. The van der Waals surface area contributed by atoms with Crippen molar-refractivity contribution in [1.82, 2.24) is 19.9 Å². The van der Waals surface area contributed by atoms with E-state index in [0.717, 1.165) is 45.4 Å². The third-order valence-electron chi connectivity index (χ3n) is 4.71. The van der Waals surface area contributed by atoms with Crippen LogP contribution in [-0.2, 0) is 0 Å². The van der Waals surface area contributed by atoms with Crippen LogP contribution in [0.2, 0.25) is 10.0 Å². The predicted octanol–water partition coefficient (Wildman–Crippen LogP) is 3.82. The third-order valence-corrected chi connectivity index (χ3v) is 5.26. The van der Waals surface area contributed by atoms with Crippen LogP contribution in [0, 0.1) is 0 Å². The number of likely N-dealkylation sites (N-methyl/N-ethyl adjacent to an activating group) is 1. The smallest absolute Gasteiger partial charge is 0.230 e. The maximum Gasteiger partial charge on any atom is 0.230 e. The number of ether oxygens (including phenoxy) is 1. The molecule has 1 aliphatic heterocycles. The van der Waals surface area contributed by atoms with E-state index in [2.05, 4.69) is 38.7 Å². The molecule has 2 N–H and O–H groups in total. The molecular formula is C19H26Cl2N6O. The highest BCUT2D eigenvalue weighted by Gasteiger charge is 2.23. The second-order valence-corrected chi connectivity index (χ2v) is 7.81. The van der Waals surface area contributed by atoms with Gasteiger partial charge in [0.05, 0.1) is 5.02 Å². The van der Waals surface area contributed by atoms with Gasteiger partial charge in [-0.05, 0) is 32.0 Å². The number of unbranched alkanes of at least 4 members (excludes halogenated alkanes) is 1. The zero-order valence-corrected chi connectivity index (χ0v) is 17.7. The molecule has 9 heteroatoms. The van der Waals surface area contributed by atoms with Crippen LogP contribution in [0.3, 0.4) is 0 Å². The van der Waals surface area contributed by atoms with Crippen molar-refractivity contribution in [2.75, 3.05) is 43.9 Å². The Kier molecular flexibility index (Phi) is 7.15. The Balaban J connectivity index is 1.88. The van der Waals surface area contributed by atoms with Gasteiger partial charge in [-0.25, -0.2) is 0 Å². The lowest BCUT2D eigenvalue weighted by molar-refractivity contribution is 0.181. The van der Waals surface area contributed by atoms with Crippen LogP contribution in [0.25, 0.3) is 0 Å². The Morgan fingerprint density at radius 2 is 1.89 bits per heavy atom. The normalized spacial score (nSPS) is 16.2. The maximum absolute atomic E-state index is 6.29. The van der Waals surface area contributed by atoms with Crippen molar-refractivity contribution in [3.8, 4) is 5.75 Å². The third kappa shape index (κ3) is 5.37. The van der Waals surface area contributed by atoms with E-state index in [1.165, 1.54) is 0 Å². The maximum atomic E-state index is 6.29. The molecule has 2 aromatic rings. The van der Waals surface area contributed by atoms with E-state index < -0.39 is 0 Å². The van der Waals surface area contributed by atoms with Gasteiger partial charge >= 0.3 is 0 Å². The second-order valence-electron chi connectivity index (χ2n) is 6.97.